The van der Waals surface area contributed by atoms with Gasteiger partial charge >= 0.3 is 0 Å². The second kappa shape index (κ2) is 8.49. The van der Waals surface area contributed by atoms with E-state index in [0.717, 1.165) is 33.8 Å². The SMILES string of the molecule is CC(=O)Nc1ccc(-c2cccc(NC(=O)c3ccnc(C(C)(C)C)c3)c2C)cc1. The summed E-state index contributed by atoms with van der Waals surface area (Å²) in [5, 5.41) is 5.80. The number of benzene rings is 2. The number of hydrogen-bond donors (Lipinski definition) is 2. The predicted octanol–water partition coefficient (Wildman–Crippen LogP) is 5.57. The number of nitrogens with zero attached hydrogens (tertiary/aromatic N) is 1. The molecule has 0 atom stereocenters. The van der Waals surface area contributed by atoms with Gasteiger partial charge in [0.2, 0.25) is 5.91 Å². The fourth-order valence-corrected chi connectivity index (χ4v) is 3.20. The highest BCUT2D eigenvalue weighted by molar-refractivity contribution is 6.05. The molecule has 0 aliphatic heterocycles. The minimum absolute atomic E-state index is 0.102. The third-order valence-corrected chi connectivity index (χ3v) is 4.89. The Morgan fingerprint density at radius 2 is 1.63 bits per heavy atom. The van der Waals surface area contributed by atoms with Crippen LogP contribution in [0.15, 0.2) is 60.8 Å². The van der Waals surface area contributed by atoms with Gasteiger partial charge in [-0.25, -0.2) is 0 Å². The Morgan fingerprint density at radius 1 is 0.933 bits per heavy atom. The Kier molecular flexibility index (Phi) is 6.01. The summed E-state index contributed by atoms with van der Waals surface area (Å²) < 4.78 is 0. The highest BCUT2D eigenvalue weighted by atomic mass is 16.2. The molecule has 5 heteroatoms. The molecule has 2 N–H and O–H groups in total. The fourth-order valence-electron chi connectivity index (χ4n) is 3.20. The van der Waals surface area contributed by atoms with Crippen LogP contribution in [0, 0.1) is 6.92 Å². The quantitative estimate of drug-likeness (QED) is 0.601. The minimum atomic E-state index is -0.163. The summed E-state index contributed by atoms with van der Waals surface area (Å²) in [7, 11) is 0. The Labute approximate surface area is 177 Å². The van der Waals surface area contributed by atoms with Crippen LogP contribution in [0.1, 0.15) is 49.3 Å². The van der Waals surface area contributed by atoms with E-state index >= 15 is 0 Å². The van der Waals surface area contributed by atoms with Crippen molar-refractivity contribution < 1.29 is 9.59 Å². The topological polar surface area (TPSA) is 71.1 Å². The Balaban J connectivity index is 1.85. The molecule has 0 spiro atoms. The monoisotopic (exact) mass is 401 g/mol. The van der Waals surface area contributed by atoms with Crippen molar-refractivity contribution in [1.82, 2.24) is 4.98 Å². The van der Waals surface area contributed by atoms with Crippen LogP contribution in [0.25, 0.3) is 11.1 Å². The van der Waals surface area contributed by atoms with Crippen LogP contribution in [0.5, 0.6) is 0 Å². The van der Waals surface area contributed by atoms with Crippen molar-refractivity contribution in [2.24, 2.45) is 0 Å². The molecule has 30 heavy (non-hydrogen) atoms. The number of amides is 2. The third-order valence-electron chi connectivity index (χ3n) is 4.89. The van der Waals surface area contributed by atoms with Gasteiger partial charge in [0.25, 0.3) is 5.91 Å². The van der Waals surface area contributed by atoms with E-state index in [9.17, 15) is 9.59 Å². The second-order valence-corrected chi connectivity index (χ2v) is 8.37. The lowest BCUT2D eigenvalue weighted by Crippen LogP contribution is -2.17. The molecule has 1 aromatic heterocycles. The maximum Gasteiger partial charge on any atom is 0.255 e. The van der Waals surface area contributed by atoms with E-state index in [1.807, 2.05) is 55.5 Å². The van der Waals surface area contributed by atoms with Gasteiger partial charge in [-0.1, -0.05) is 45.0 Å². The Morgan fingerprint density at radius 3 is 2.27 bits per heavy atom. The summed E-state index contributed by atoms with van der Waals surface area (Å²) in [4.78, 5) is 28.5. The van der Waals surface area contributed by atoms with Gasteiger partial charge in [0.1, 0.15) is 0 Å². The van der Waals surface area contributed by atoms with Crippen LogP contribution in [0.3, 0.4) is 0 Å². The molecule has 0 aliphatic rings. The summed E-state index contributed by atoms with van der Waals surface area (Å²) in [5.41, 5.74) is 5.85. The average Bonchev–Trinajstić information content (AvgIpc) is 2.69. The Bertz CT molecular complexity index is 1080. The van der Waals surface area contributed by atoms with Crippen molar-refractivity contribution in [2.45, 2.75) is 40.0 Å². The number of anilines is 2. The van der Waals surface area contributed by atoms with E-state index < -0.39 is 0 Å². The molecule has 3 aromatic rings. The maximum atomic E-state index is 12.9. The molecule has 0 saturated carbocycles. The molecule has 0 bridgehead atoms. The van der Waals surface area contributed by atoms with Crippen LogP contribution >= 0.6 is 0 Å². The lowest BCUT2D eigenvalue weighted by atomic mass is 9.91. The van der Waals surface area contributed by atoms with Gasteiger partial charge in [-0.2, -0.15) is 0 Å². The summed E-state index contributed by atoms with van der Waals surface area (Å²) in [6.45, 7) is 9.68. The molecule has 2 aromatic carbocycles. The highest BCUT2D eigenvalue weighted by Crippen LogP contribution is 2.30. The molecule has 0 radical (unpaired) electrons. The summed E-state index contributed by atoms with van der Waals surface area (Å²) in [5.74, 6) is -0.265. The first-order valence-electron chi connectivity index (χ1n) is 9.90. The maximum absolute atomic E-state index is 12.9. The van der Waals surface area contributed by atoms with Gasteiger partial charge in [0.05, 0.1) is 0 Å². The van der Waals surface area contributed by atoms with Crippen molar-refractivity contribution in [1.29, 1.82) is 0 Å². The lowest BCUT2D eigenvalue weighted by Gasteiger charge is -2.18. The highest BCUT2D eigenvalue weighted by Gasteiger charge is 2.18. The number of carbonyl (C=O) groups excluding carboxylic acids is 2. The van der Waals surface area contributed by atoms with E-state index in [1.165, 1.54) is 6.92 Å². The van der Waals surface area contributed by atoms with Crippen molar-refractivity contribution in [2.75, 3.05) is 10.6 Å². The van der Waals surface area contributed by atoms with E-state index in [1.54, 1.807) is 12.3 Å². The zero-order valence-corrected chi connectivity index (χ0v) is 18.0. The van der Waals surface area contributed by atoms with Gasteiger partial charge in [-0.3, -0.25) is 14.6 Å². The number of aromatic nitrogens is 1. The number of carbonyl (C=O) groups is 2. The molecule has 1 heterocycles. The minimum Gasteiger partial charge on any atom is -0.326 e. The summed E-state index contributed by atoms with van der Waals surface area (Å²) >= 11 is 0. The van der Waals surface area contributed by atoms with Crippen LogP contribution in [0.4, 0.5) is 11.4 Å². The van der Waals surface area contributed by atoms with E-state index in [0.29, 0.717) is 5.56 Å². The zero-order chi connectivity index (χ0) is 21.9. The van der Waals surface area contributed by atoms with Gasteiger partial charge in [-0.05, 0) is 53.9 Å². The van der Waals surface area contributed by atoms with Crippen LogP contribution < -0.4 is 10.6 Å². The molecular weight excluding hydrogens is 374 g/mol. The Hall–Kier alpha value is -3.47. The summed E-state index contributed by atoms with van der Waals surface area (Å²) in [6.07, 6.45) is 1.68. The molecule has 2 amide bonds. The smallest absolute Gasteiger partial charge is 0.255 e. The molecule has 5 nitrogen and oxygen atoms in total. The van der Waals surface area contributed by atoms with Crippen LogP contribution in [0.2, 0.25) is 0 Å². The van der Waals surface area contributed by atoms with Crippen molar-refractivity contribution in [3.8, 4) is 11.1 Å². The zero-order valence-electron chi connectivity index (χ0n) is 18.0. The van der Waals surface area contributed by atoms with Gasteiger partial charge in [-0.15, -0.1) is 0 Å². The molecule has 3 rings (SSSR count). The molecule has 0 aliphatic carbocycles. The number of rotatable bonds is 4. The molecule has 0 unspecified atom stereocenters. The summed E-state index contributed by atoms with van der Waals surface area (Å²) in [6, 6.07) is 17.1. The molecule has 0 fully saturated rings. The lowest BCUT2D eigenvalue weighted by molar-refractivity contribution is -0.114. The fraction of sp³-hybridized carbons (Fsp3) is 0.240. The van der Waals surface area contributed by atoms with Crippen molar-refractivity contribution >= 4 is 23.2 Å². The molecule has 0 saturated heterocycles. The van der Waals surface area contributed by atoms with Gasteiger partial charge in [0.15, 0.2) is 0 Å². The van der Waals surface area contributed by atoms with Crippen molar-refractivity contribution in [3.05, 3.63) is 77.6 Å². The van der Waals surface area contributed by atoms with Crippen LogP contribution in [-0.2, 0) is 10.2 Å². The largest absolute Gasteiger partial charge is 0.326 e. The van der Waals surface area contributed by atoms with E-state index in [-0.39, 0.29) is 17.2 Å². The number of nitrogens with one attached hydrogen (secondary N) is 2. The number of hydrogen-bond acceptors (Lipinski definition) is 3. The predicted molar refractivity (Wildman–Crippen MR) is 122 cm³/mol. The first-order valence-corrected chi connectivity index (χ1v) is 9.90. The standard InChI is InChI=1S/C25H27N3O2/c1-16-21(18-9-11-20(12-10-18)27-17(2)29)7-6-8-22(16)28-24(30)19-13-14-26-23(15-19)25(3,4)5/h6-15H,1-5H3,(H,27,29)(H,28,30). The number of pyridine rings is 1. The third kappa shape index (κ3) is 4.92. The molecular formula is C25H27N3O2. The molecule has 154 valence electrons. The van der Waals surface area contributed by atoms with Crippen LogP contribution in [-0.4, -0.2) is 16.8 Å². The van der Waals surface area contributed by atoms with E-state index in [4.69, 9.17) is 0 Å². The first kappa shape index (κ1) is 21.2. The van der Waals surface area contributed by atoms with E-state index in [2.05, 4.69) is 36.4 Å². The second-order valence-electron chi connectivity index (χ2n) is 8.37. The normalized spacial score (nSPS) is 11.1. The van der Waals surface area contributed by atoms with Crippen molar-refractivity contribution in [3.63, 3.8) is 0 Å². The first-order chi connectivity index (χ1) is 14.1. The van der Waals surface area contributed by atoms with Gasteiger partial charge in [0, 0.05) is 41.2 Å². The van der Waals surface area contributed by atoms with Gasteiger partial charge < -0.3 is 10.6 Å². The average molecular weight is 402 g/mol.